The standard InChI is InChI=1S/C22H14N4O2/c23-12-15-4-6-16(7-5-15)19-13-26(22(25-19)18-3-1-2-10-24-18)17-8-9-20-21(11-17)28-14-27-20/h1-11,13H,14H2. The Morgan fingerprint density at radius 2 is 1.79 bits per heavy atom. The summed E-state index contributed by atoms with van der Waals surface area (Å²) in [6.07, 6.45) is 3.71. The second-order valence-electron chi connectivity index (χ2n) is 6.26. The lowest BCUT2D eigenvalue weighted by molar-refractivity contribution is 0.174. The molecule has 0 atom stereocenters. The number of fused-ring (bicyclic) bond motifs is 1. The Hall–Kier alpha value is -4.11. The topological polar surface area (TPSA) is 73.0 Å². The van der Waals surface area contributed by atoms with E-state index in [1.807, 2.05) is 59.3 Å². The Morgan fingerprint density at radius 1 is 0.929 bits per heavy atom. The minimum atomic E-state index is 0.228. The smallest absolute Gasteiger partial charge is 0.231 e. The summed E-state index contributed by atoms with van der Waals surface area (Å²) >= 11 is 0. The summed E-state index contributed by atoms with van der Waals surface area (Å²) in [5.74, 6) is 2.16. The largest absolute Gasteiger partial charge is 0.454 e. The second kappa shape index (κ2) is 6.56. The molecule has 0 spiro atoms. The lowest BCUT2D eigenvalue weighted by Gasteiger charge is -2.08. The maximum atomic E-state index is 9.02. The Balaban J connectivity index is 1.66. The Morgan fingerprint density at radius 3 is 2.57 bits per heavy atom. The van der Waals surface area contributed by atoms with Crippen LogP contribution in [0.5, 0.6) is 11.5 Å². The van der Waals surface area contributed by atoms with E-state index in [9.17, 15) is 0 Å². The normalized spacial score (nSPS) is 12.0. The molecule has 1 aliphatic heterocycles. The molecule has 0 N–H and O–H groups in total. The number of pyridine rings is 1. The fraction of sp³-hybridized carbons (Fsp3) is 0.0455. The maximum absolute atomic E-state index is 9.02. The third kappa shape index (κ3) is 2.75. The van der Waals surface area contributed by atoms with Crippen LogP contribution in [0.25, 0.3) is 28.5 Å². The van der Waals surface area contributed by atoms with Crippen LogP contribution in [0.15, 0.2) is 73.1 Å². The van der Waals surface area contributed by atoms with E-state index in [0.29, 0.717) is 11.3 Å². The zero-order chi connectivity index (χ0) is 18.9. The SMILES string of the molecule is N#Cc1ccc(-c2cn(-c3ccc4c(c3)OCO4)c(-c3ccccn3)n2)cc1. The summed E-state index contributed by atoms with van der Waals surface area (Å²) in [4.78, 5) is 9.28. The third-order valence-corrected chi connectivity index (χ3v) is 4.54. The van der Waals surface area contributed by atoms with Gasteiger partial charge in [0, 0.05) is 24.0 Å². The molecule has 0 amide bonds. The molecule has 28 heavy (non-hydrogen) atoms. The molecule has 0 fully saturated rings. The van der Waals surface area contributed by atoms with Crippen LogP contribution in [0.2, 0.25) is 0 Å². The predicted molar refractivity (Wildman–Crippen MR) is 103 cm³/mol. The summed E-state index contributed by atoms with van der Waals surface area (Å²) in [7, 11) is 0. The lowest BCUT2D eigenvalue weighted by atomic mass is 10.1. The molecule has 0 saturated carbocycles. The molecular weight excluding hydrogens is 352 g/mol. The van der Waals surface area contributed by atoms with Crippen LogP contribution in [-0.2, 0) is 0 Å². The number of ether oxygens (including phenoxy) is 2. The van der Waals surface area contributed by atoms with Gasteiger partial charge in [0.15, 0.2) is 17.3 Å². The summed E-state index contributed by atoms with van der Waals surface area (Å²) in [5.41, 5.74) is 4.00. The van der Waals surface area contributed by atoms with Gasteiger partial charge in [-0.3, -0.25) is 9.55 Å². The van der Waals surface area contributed by atoms with Gasteiger partial charge in [-0.2, -0.15) is 5.26 Å². The van der Waals surface area contributed by atoms with Crippen LogP contribution >= 0.6 is 0 Å². The highest BCUT2D eigenvalue weighted by Crippen LogP contribution is 2.35. The van der Waals surface area contributed by atoms with Crippen molar-refractivity contribution in [2.75, 3.05) is 6.79 Å². The first kappa shape index (κ1) is 16.1. The van der Waals surface area contributed by atoms with Gasteiger partial charge in [-0.1, -0.05) is 18.2 Å². The Kier molecular flexibility index (Phi) is 3.77. The summed E-state index contributed by atoms with van der Waals surface area (Å²) < 4.78 is 12.9. The minimum absolute atomic E-state index is 0.228. The van der Waals surface area contributed by atoms with E-state index in [2.05, 4.69) is 11.1 Å². The van der Waals surface area contributed by atoms with Crippen LogP contribution < -0.4 is 9.47 Å². The monoisotopic (exact) mass is 366 g/mol. The Bertz CT molecular complexity index is 1190. The van der Waals surface area contributed by atoms with E-state index in [-0.39, 0.29) is 6.79 Å². The van der Waals surface area contributed by atoms with E-state index < -0.39 is 0 Å². The van der Waals surface area contributed by atoms with Gasteiger partial charge in [-0.15, -0.1) is 0 Å². The maximum Gasteiger partial charge on any atom is 0.231 e. The molecular formula is C22H14N4O2. The van der Waals surface area contributed by atoms with E-state index in [0.717, 1.165) is 34.2 Å². The number of rotatable bonds is 3. The molecule has 2 aromatic heterocycles. The average Bonchev–Trinajstić information content (AvgIpc) is 3.41. The fourth-order valence-electron chi connectivity index (χ4n) is 3.14. The van der Waals surface area contributed by atoms with Gasteiger partial charge in [-0.25, -0.2) is 4.98 Å². The highest BCUT2D eigenvalue weighted by molar-refractivity contribution is 5.67. The molecule has 0 unspecified atom stereocenters. The number of aromatic nitrogens is 3. The van der Waals surface area contributed by atoms with Crippen LogP contribution in [0.3, 0.4) is 0 Å². The van der Waals surface area contributed by atoms with Crippen LogP contribution in [0, 0.1) is 11.3 Å². The van der Waals surface area contributed by atoms with Crippen molar-refractivity contribution in [3.63, 3.8) is 0 Å². The molecule has 134 valence electrons. The second-order valence-corrected chi connectivity index (χ2v) is 6.26. The van der Waals surface area contributed by atoms with Crippen molar-refractivity contribution in [3.8, 4) is 46.0 Å². The highest BCUT2D eigenvalue weighted by Gasteiger charge is 2.18. The molecule has 3 heterocycles. The minimum Gasteiger partial charge on any atom is -0.454 e. The van der Waals surface area contributed by atoms with Crippen LogP contribution in [-0.4, -0.2) is 21.3 Å². The lowest BCUT2D eigenvalue weighted by Crippen LogP contribution is -1.97. The van der Waals surface area contributed by atoms with Crippen molar-refractivity contribution in [2.24, 2.45) is 0 Å². The van der Waals surface area contributed by atoms with Crippen molar-refractivity contribution in [2.45, 2.75) is 0 Å². The van der Waals surface area contributed by atoms with Crippen LogP contribution in [0.1, 0.15) is 5.56 Å². The van der Waals surface area contributed by atoms with Crippen molar-refractivity contribution in [1.29, 1.82) is 5.26 Å². The number of benzene rings is 2. The molecule has 6 nitrogen and oxygen atoms in total. The third-order valence-electron chi connectivity index (χ3n) is 4.54. The first-order valence-electron chi connectivity index (χ1n) is 8.73. The van der Waals surface area contributed by atoms with E-state index in [1.54, 1.807) is 18.3 Å². The van der Waals surface area contributed by atoms with E-state index >= 15 is 0 Å². The zero-order valence-corrected chi connectivity index (χ0v) is 14.7. The molecule has 0 radical (unpaired) electrons. The summed E-state index contributed by atoms with van der Waals surface area (Å²) in [5, 5.41) is 9.02. The number of hydrogen-bond acceptors (Lipinski definition) is 5. The molecule has 6 heteroatoms. The van der Waals surface area contributed by atoms with Crippen molar-refractivity contribution in [1.82, 2.24) is 14.5 Å². The van der Waals surface area contributed by atoms with Crippen molar-refractivity contribution in [3.05, 3.63) is 78.6 Å². The Labute approximate surface area is 161 Å². The molecule has 0 aliphatic carbocycles. The summed E-state index contributed by atoms with van der Waals surface area (Å²) in [6.45, 7) is 0.228. The first-order chi connectivity index (χ1) is 13.8. The molecule has 1 aliphatic rings. The molecule has 2 aromatic carbocycles. The van der Waals surface area contributed by atoms with Crippen molar-refractivity contribution < 1.29 is 9.47 Å². The number of imidazole rings is 1. The van der Waals surface area contributed by atoms with Gasteiger partial charge >= 0.3 is 0 Å². The van der Waals surface area contributed by atoms with Gasteiger partial charge in [0.25, 0.3) is 0 Å². The van der Waals surface area contributed by atoms with Gasteiger partial charge < -0.3 is 9.47 Å². The predicted octanol–water partition coefficient (Wildman–Crippen LogP) is 4.20. The van der Waals surface area contributed by atoms with Gasteiger partial charge in [0.2, 0.25) is 6.79 Å². The van der Waals surface area contributed by atoms with Crippen molar-refractivity contribution >= 4 is 0 Å². The molecule has 4 aromatic rings. The first-order valence-corrected chi connectivity index (χ1v) is 8.73. The fourth-order valence-corrected chi connectivity index (χ4v) is 3.14. The highest BCUT2D eigenvalue weighted by atomic mass is 16.7. The number of nitrogens with zero attached hydrogens (tertiary/aromatic N) is 4. The number of hydrogen-bond donors (Lipinski definition) is 0. The number of nitriles is 1. The average molecular weight is 366 g/mol. The van der Waals surface area contributed by atoms with Gasteiger partial charge in [0.1, 0.15) is 5.69 Å². The summed E-state index contributed by atoms with van der Waals surface area (Å²) in [6, 6.07) is 21.0. The van der Waals surface area contributed by atoms with E-state index in [1.165, 1.54) is 0 Å². The zero-order valence-electron chi connectivity index (χ0n) is 14.7. The van der Waals surface area contributed by atoms with Gasteiger partial charge in [0.05, 0.1) is 23.0 Å². The molecule has 0 saturated heterocycles. The molecule has 0 bridgehead atoms. The van der Waals surface area contributed by atoms with E-state index in [4.69, 9.17) is 19.7 Å². The molecule has 5 rings (SSSR count). The quantitative estimate of drug-likeness (QED) is 0.543. The van der Waals surface area contributed by atoms with Crippen LogP contribution in [0.4, 0.5) is 0 Å². The van der Waals surface area contributed by atoms with Gasteiger partial charge in [-0.05, 0) is 36.4 Å².